The van der Waals surface area contributed by atoms with Crippen molar-refractivity contribution in [3.8, 4) is 11.1 Å². The number of benzene rings is 4. The average molecular weight is 492 g/mol. The van der Waals surface area contributed by atoms with Crippen molar-refractivity contribution in [1.82, 2.24) is 4.67 Å². The molecular weight excluding hydrogens is 464 g/mol. The van der Waals surface area contributed by atoms with Crippen molar-refractivity contribution < 1.29 is 0 Å². The van der Waals surface area contributed by atoms with Gasteiger partial charge in [-0.25, -0.2) is 0 Å². The predicted octanol–water partition coefficient (Wildman–Crippen LogP) is 6.73. The number of anilines is 2. The van der Waals surface area contributed by atoms with E-state index in [9.17, 15) is 0 Å². The second-order valence-corrected chi connectivity index (χ2v) is 13.9. The van der Waals surface area contributed by atoms with Crippen molar-refractivity contribution in [3.05, 3.63) is 72.8 Å². The van der Waals surface area contributed by atoms with Crippen molar-refractivity contribution in [3.63, 3.8) is 0 Å². The van der Waals surface area contributed by atoms with Gasteiger partial charge < -0.3 is 0 Å². The first-order valence-electron chi connectivity index (χ1n) is 10.9. The van der Waals surface area contributed by atoms with E-state index in [2.05, 4.69) is 130 Å². The summed E-state index contributed by atoms with van der Waals surface area (Å²) >= 11 is 3.70. The fourth-order valence-corrected chi connectivity index (χ4v) is 10.4. The van der Waals surface area contributed by atoms with E-state index < -0.39 is 6.40 Å². The summed E-state index contributed by atoms with van der Waals surface area (Å²) in [4.78, 5) is 0. The first-order chi connectivity index (χ1) is 15.0. The van der Waals surface area contributed by atoms with E-state index in [4.69, 9.17) is 0 Å². The van der Waals surface area contributed by atoms with Crippen molar-refractivity contribution in [2.24, 2.45) is 0 Å². The van der Waals surface area contributed by atoms with Crippen molar-refractivity contribution in [2.45, 2.75) is 13.8 Å². The first kappa shape index (κ1) is 20.8. The summed E-state index contributed by atoms with van der Waals surface area (Å²) in [6.07, 6.45) is -1.94. The van der Waals surface area contributed by atoms with Gasteiger partial charge in [0.15, 0.2) is 0 Å². The Morgan fingerprint density at radius 3 is 1.52 bits per heavy atom. The fraction of sp³-hybridized carbons (Fsp3) is 0.231. The Morgan fingerprint density at radius 1 is 0.677 bits per heavy atom. The summed E-state index contributed by atoms with van der Waals surface area (Å²) in [7, 11) is 4.53. The Morgan fingerprint density at radius 2 is 1.10 bits per heavy atom. The third kappa shape index (κ3) is 2.93. The third-order valence-corrected chi connectivity index (χ3v) is 14.5. The zero-order valence-electron chi connectivity index (χ0n) is 18.5. The molecule has 1 radical (unpaired) electrons. The number of hydrogen-bond donors (Lipinski definition) is 0. The molecule has 0 unspecified atom stereocenters. The van der Waals surface area contributed by atoms with Gasteiger partial charge in [0.05, 0.1) is 0 Å². The van der Waals surface area contributed by atoms with Crippen molar-refractivity contribution >= 4 is 54.9 Å². The SMILES string of the molecule is CCN(CC)[P+]1([Se])N(C)c2ccc3ccccc3c2-c2c(ccc3ccccc23)N1C. The summed E-state index contributed by atoms with van der Waals surface area (Å²) in [5.74, 6) is 0. The van der Waals surface area contributed by atoms with E-state index in [-0.39, 0.29) is 0 Å². The van der Waals surface area contributed by atoms with Gasteiger partial charge in [0.2, 0.25) is 0 Å². The van der Waals surface area contributed by atoms with Crippen LogP contribution in [0.3, 0.4) is 0 Å². The second-order valence-electron chi connectivity index (χ2n) is 8.06. The van der Waals surface area contributed by atoms with Crippen LogP contribution in [0, 0.1) is 0 Å². The van der Waals surface area contributed by atoms with E-state index >= 15 is 0 Å². The van der Waals surface area contributed by atoms with Gasteiger partial charge in [0.25, 0.3) is 0 Å². The second kappa shape index (κ2) is 7.80. The van der Waals surface area contributed by atoms with Crippen LogP contribution in [0.2, 0.25) is 0 Å². The van der Waals surface area contributed by atoms with E-state index in [1.807, 2.05) is 0 Å². The number of fused-ring (bicyclic) bond motifs is 7. The first-order valence-corrected chi connectivity index (χ1v) is 14.8. The third-order valence-electron chi connectivity index (χ3n) is 6.64. The fourth-order valence-electron chi connectivity index (χ4n) is 5.04. The summed E-state index contributed by atoms with van der Waals surface area (Å²) in [6, 6.07) is 26.7. The van der Waals surface area contributed by atoms with Gasteiger partial charge in [0, 0.05) is 0 Å². The summed E-state index contributed by atoms with van der Waals surface area (Å²) < 4.78 is 7.64. The van der Waals surface area contributed by atoms with Crippen LogP contribution in [0.4, 0.5) is 11.4 Å². The van der Waals surface area contributed by atoms with Crippen LogP contribution in [0.5, 0.6) is 0 Å². The quantitative estimate of drug-likeness (QED) is 0.232. The Balaban J connectivity index is 1.98. The Labute approximate surface area is 193 Å². The molecule has 0 spiro atoms. The molecule has 0 aliphatic carbocycles. The maximum atomic E-state index is 3.70. The predicted molar refractivity (Wildman–Crippen MR) is 139 cm³/mol. The van der Waals surface area contributed by atoms with Gasteiger partial charge in [-0.05, 0) is 0 Å². The summed E-state index contributed by atoms with van der Waals surface area (Å²) in [6.45, 7) is 6.52. The van der Waals surface area contributed by atoms with Crippen LogP contribution in [-0.2, 0) is 0 Å². The van der Waals surface area contributed by atoms with Crippen LogP contribution < -0.4 is 9.34 Å². The summed E-state index contributed by atoms with van der Waals surface area (Å²) in [5.41, 5.74) is 5.26. The molecule has 0 atom stereocenters. The van der Waals surface area contributed by atoms with E-state index in [1.165, 1.54) is 44.0 Å². The molecule has 1 heterocycles. The number of hydrogen-bond acceptors (Lipinski definition) is 3. The normalized spacial score (nSPS) is 15.3. The van der Waals surface area contributed by atoms with Crippen LogP contribution in [0.15, 0.2) is 72.8 Å². The standard InChI is InChI=1S/C26H28N3PSe/c1-5-29(6-2)30(31)27(3)23-17-15-19-11-7-9-13-21(19)25(23)26-22-14-10-8-12-20(22)16-18-24(26)28(30)4/h7-18H,5-6H2,1-4H3/q+1. The molecular formula is C26H28N3PSe+. The minimum atomic E-state index is -1.94. The van der Waals surface area contributed by atoms with Gasteiger partial charge in [-0.15, -0.1) is 0 Å². The van der Waals surface area contributed by atoms with Crippen LogP contribution >= 0.6 is 6.40 Å². The van der Waals surface area contributed by atoms with E-state index in [0.29, 0.717) is 0 Å². The molecule has 3 nitrogen and oxygen atoms in total. The topological polar surface area (TPSA) is 9.72 Å². The zero-order valence-corrected chi connectivity index (χ0v) is 21.1. The van der Waals surface area contributed by atoms with Gasteiger partial charge >= 0.3 is 194 Å². The molecule has 157 valence electrons. The number of rotatable bonds is 3. The molecule has 0 saturated carbocycles. The Kier molecular flexibility index (Phi) is 5.23. The molecule has 1 aliphatic heterocycles. The Hall–Kier alpha value is -2.09. The van der Waals surface area contributed by atoms with E-state index in [1.54, 1.807) is 0 Å². The summed E-state index contributed by atoms with van der Waals surface area (Å²) in [5, 5.41) is 5.19. The molecule has 0 amide bonds. The molecule has 5 rings (SSSR count). The van der Waals surface area contributed by atoms with E-state index in [0.717, 1.165) is 13.1 Å². The molecule has 1 aliphatic rings. The molecule has 0 saturated heterocycles. The van der Waals surface area contributed by atoms with Gasteiger partial charge in [-0.3, -0.25) is 0 Å². The molecule has 4 aromatic rings. The van der Waals surface area contributed by atoms with Gasteiger partial charge in [-0.1, -0.05) is 0 Å². The maximum absolute atomic E-state index is 3.70. The molecule has 0 fully saturated rings. The van der Waals surface area contributed by atoms with Gasteiger partial charge in [-0.2, -0.15) is 0 Å². The molecule has 5 heteroatoms. The van der Waals surface area contributed by atoms with Crippen LogP contribution in [0.1, 0.15) is 13.8 Å². The number of nitrogens with zero attached hydrogens (tertiary/aromatic N) is 3. The molecule has 0 N–H and O–H groups in total. The molecule has 4 aromatic carbocycles. The van der Waals surface area contributed by atoms with Crippen molar-refractivity contribution in [1.29, 1.82) is 0 Å². The van der Waals surface area contributed by atoms with Gasteiger partial charge in [0.1, 0.15) is 0 Å². The van der Waals surface area contributed by atoms with Crippen LogP contribution in [-0.4, -0.2) is 47.4 Å². The average Bonchev–Trinajstić information content (AvgIpc) is 2.88. The Bertz CT molecular complexity index is 1190. The monoisotopic (exact) mass is 493 g/mol. The zero-order chi connectivity index (χ0) is 21.8. The van der Waals surface area contributed by atoms with Crippen molar-refractivity contribution in [2.75, 3.05) is 36.5 Å². The van der Waals surface area contributed by atoms with Crippen LogP contribution in [0.25, 0.3) is 32.7 Å². The molecule has 0 aromatic heterocycles. The minimum absolute atomic E-state index is 0.998. The molecule has 0 bridgehead atoms. The molecule has 31 heavy (non-hydrogen) atoms.